The van der Waals surface area contributed by atoms with Crippen LogP contribution in [0.5, 0.6) is 0 Å². The van der Waals surface area contributed by atoms with Crippen LogP contribution in [0.15, 0.2) is 54.1 Å². The molecular formula is C16H10ClFN2O2. The molecule has 2 amide bonds. The molecule has 0 aromatic heterocycles. The monoisotopic (exact) mass is 316 g/mol. The summed E-state index contributed by atoms with van der Waals surface area (Å²) in [4.78, 5) is 24.3. The van der Waals surface area contributed by atoms with Crippen LogP contribution >= 0.6 is 11.6 Å². The summed E-state index contributed by atoms with van der Waals surface area (Å²) in [6.07, 6.45) is 1.47. The minimum Gasteiger partial charge on any atom is -0.267 e. The molecular weight excluding hydrogens is 307 g/mol. The Morgan fingerprint density at radius 3 is 2.50 bits per heavy atom. The zero-order chi connectivity index (χ0) is 15.7. The summed E-state index contributed by atoms with van der Waals surface area (Å²) in [6, 6.07) is 12.1. The van der Waals surface area contributed by atoms with E-state index in [1.807, 2.05) is 0 Å². The quantitative estimate of drug-likeness (QED) is 0.684. The molecule has 0 saturated carbocycles. The van der Waals surface area contributed by atoms with Crippen molar-refractivity contribution in [3.63, 3.8) is 0 Å². The lowest BCUT2D eigenvalue weighted by Crippen LogP contribution is -2.35. The average molecular weight is 317 g/mol. The molecule has 1 aliphatic rings. The number of benzene rings is 2. The third kappa shape index (κ3) is 2.71. The molecule has 1 saturated heterocycles. The van der Waals surface area contributed by atoms with Crippen molar-refractivity contribution in [3.05, 3.63) is 70.5 Å². The van der Waals surface area contributed by atoms with E-state index in [2.05, 4.69) is 5.43 Å². The van der Waals surface area contributed by atoms with Gasteiger partial charge in [-0.2, -0.15) is 0 Å². The van der Waals surface area contributed by atoms with Gasteiger partial charge in [-0.25, -0.2) is 9.40 Å². The fourth-order valence-corrected chi connectivity index (χ4v) is 2.21. The Balaban J connectivity index is 1.93. The van der Waals surface area contributed by atoms with Gasteiger partial charge >= 0.3 is 0 Å². The number of anilines is 1. The van der Waals surface area contributed by atoms with Gasteiger partial charge in [-0.1, -0.05) is 29.8 Å². The predicted octanol–water partition coefficient (Wildman–Crippen LogP) is 2.94. The van der Waals surface area contributed by atoms with Gasteiger partial charge in [0, 0.05) is 5.02 Å². The molecule has 110 valence electrons. The SMILES string of the molecule is O=C1NN(c2cccc(F)c2)C(=O)/C1=C/c1ccc(Cl)cc1. The molecule has 0 bridgehead atoms. The summed E-state index contributed by atoms with van der Waals surface area (Å²) in [5.74, 6) is -1.57. The zero-order valence-electron chi connectivity index (χ0n) is 11.2. The summed E-state index contributed by atoms with van der Waals surface area (Å²) < 4.78 is 13.2. The number of carbonyl (C=O) groups is 2. The van der Waals surface area contributed by atoms with E-state index in [1.165, 1.54) is 30.3 Å². The molecule has 1 heterocycles. The van der Waals surface area contributed by atoms with E-state index in [1.54, 1.807) is 24.3 Å². The van der Waals surface area contributed by atoms with Crippen molar-refractivity contribution >= 4 is 35.2 Å². The highest BCUT2D eigenvalue weighted by atomic mass is 35.5. The molecule has 0 unspecified atom stereocenters. The normalized spacial score (nSPS) is 16.3. The number of amides is 2. The Morgan fingerprint density at radius 1 is 1.09 bits per heavy atom. The lowest BCUT2D eigenvalue weighted by molar-refractivity contribution is -0.117. The molecule has 0 radical (unpaired) electrons. The number of halogens is 2. The maximum Gasteiger partial charge on any atom is 0.282 e. The highest BCUT2D eigenvalue weighted by Crippen LogP contribution is 2.22. The maximum atomic E-state index is 13.2. The first-order valence-electron chi connectivity index (χ1n) is 6.43. The van der Waals surface area contributed by atoms with Gasteiger partial charge in [0.2, 0.25) is 0 Å². The first-order chi connectivity index (χ1) is 10.5. The van der Waals surface area contributed by atoms with Gasteiger partial charge in [-0.15, -0.1) is 0 Å². The van der Waals surface area contributed by atoms with Crippen molar-refractivity contribution in [3.8, 4) is 0 Å². The van der Waals surface area contributed by atoms with Gasteiger partial charge < -0.3 is 0 Å². The van der Waals surface area contributed by atoms with Crippen molar-refractivity contribution < 1.29 is 14.0 Å². The van der Waals surface area contributed by atoms with Crippen LogP contribution in [0.3, 0.4) is 0 Å². The summed E-state index contributed by atoms with van der Waals surface area (Å²) in [7, 11) is 0. The second-order valence-electron chi connectivity index (χ2n) is 4.67. The van der Waals surface area contributed by atoms with E-state index in [0.29, 0.717) is 10.6 Å². The molecule has 1 aliphatic heterocycles. The average Bonchev–Trinajstić information content (AvgIpc) is 2.77. The third-order valence-electron chi connectivity index (χ3n) is 3.14. The topological polar surface area (TPSA) is 49.4 Å². The van der Waals surface area contributed by atoms with Crippen molar-refractivity contribution in [2.45, 2.75) is 0 Å². The van der Waals surface area contributed by atoms with Crippen LogP contribution < -0.4 is 10.4 Å². The molecule has 22 heavy (non-hydrogen) atoms. The smallest absolute Gasteiger partial charge is 0.267 e. The lowest BCUT2D eigenvalue weighted by Gasteiger charge is -2.14. The molecule has 1 N–H and O–H groups in total. The largest absolute Gasteiger partial charge is 0.282 e. The number of rotatable bonds is 2. The number of nitrogens with one attached hydrogen (secondary N) is 1. The third-order valence-corrected chi connectivity index (χ3v) is 3.39. The second kappa shape index (κ2) is 5.61. The van der Waals surface area contributed by atoms with Gasteiger partial charge in [-0.3, -0.25) is 15.0 Å². The van der Waals surface area contributed by atoms with Crippen LogP contribution in [0.1, 0.15) is 5.56 Å². The summed E-state index contributed by atoms with van der Waals surface area (Å²) in [6.45, 7) is 0. The molecule has 2 aromatic rings. The Labute approximate surface area is 130 Å². The molecule has 1 fully saturated rings. The van der Waals surface area contributed by atoms with Crippen LogP contribution in [0.25, 0.3) is 6.08 Å². The van der Waals surface area contributed by atoms with Gasteiger partial charge in [0.05, 0.1) is 5.69 Å². The molecule has 2 aromatic carbocycles. The van der Waals surface area contributed by atoms with Gasteiger partial charge in [0.15, 0.2) is 0 Å². The Bertz CT molecular complexity index is 787. The van der Waals surface area contributed by atoms with E-state index in [-0.39, 0.29) is 11.3 Å². The van der Waals surface area contributed by atoms with Gasteiger partial charge in [0.25, 0.3) is 11.8 Å². The van der Waals surface area contributed by atoms with E-state index in [4.69, 9.17) is 11.6 Å². The van der Waals surface area contributed by atoms with E-state index < -0.39 is 17.6 Å². The van der Waals surface area contributed by atoms with Crippen LogP contribution in [-0.4, -0.2) is 11.8 Å². The number of carbonyl (C=O) groups excluding carboxylic acids is 2. The molecule has 6 heteroatoms. The molecule has 3 rings (SSSR count). The van der Waals surface area contributed by atoms with E-state index >= 15 is 0 Å². The lowest BCUT2D eigenvalue weighted by atomic mass is 10.1. The predicted molar refractivity (Wildman–Crippen MR) is 81.5 cm³/mol. The highest BCUT2D eigenvalue weighted by Gasteiger charge is 2.34. The Kier molecular flexibility index (Phi) is 3.65. The zero-order valence-corrected chi connectivity index (χ0v) is 12.0. The minimum absolute atomic E-state index is 0.0217. The Hall–Kier alpha value is -2.66. The van der Waals surface area contributed by atoms with Crippen LogP contribution in [-0.2, 0) is 9.59 Å². The summed E-state index contributed by atoms with van der Waals surface area (Å²) >= 11 is 5.79. The van der Waals surface area contributed by atoms with Crippen LogP contribution in [0.4, 0.5) is 10.1 Å². The first-order valence-corrected chi connectivity index (χ1v) is 6.81. The summed E-state index contributed by atoms with van der Waals surface area (Å²) in [5, 5.41) is 1.58. The molecule has 0 aliphatic carbocycles. The fraction of sp³-hybridized carbons (Fsp3) is 0. The van der Waals surface area contributed by atoms with E-state index in [0.717, 1.165) is 5.01 Å². The van der Waals surface area contributed by atoms with Crippen molar-refractivity contribution in [1.29, 1.82) is 0 Å². The maximum absolute atomic E-state index is 13.2. The van der Waals surface area contributed by atoms with Crippen molar-refractivity contribution in [1.82, 2.24) is 5.43 Å². The number of nitrogens with zero attached hydrogens (tertiary/aromatic N) is 1. The summed E-state index contributed by atoms with van der Waals surface area (Å²) in [5.41, 5.74) is 3.32. The van der Waals surface area contributed by atoms with Gasteiger partial charge in [-0.05, 0) is 42.0 Å². The minimum atomic E-state index is -0.538. The number of hydrogen-bond acceptors (Lipinski definition) is 2. The van der Waals surface area contributed by atoms with Crippen LogP contribution in [0, 0.1) is 5.82 Å². The standard InChI is InChI=1S/C16H10ClFN2O2/c17-11-6-4-10(5-7-11)8-14-15(21)19-20(16(14)22)13-3-1-2-12(18)9-13/h1-9H,(H,19,21)/b14-8+. The molecule has 0 atom stereocenters. The van der Waals surface area contributed by atoms with E-state index in [9.17, 15) is 14.0 Å². The first kappa shape index (κ1) is 14.3. The second-order valence-corrected chi connectivity index (χ2v) is 5.11. The fourth-order valence-electron chi connectivity index (χ4n) is 2.08. The number of hydrazine groups is 1. The number of hydrogen-bond donors (Lipinski definition) is 1. The van der Waals surface area contributed by atoms with Crippen molar-refractivity contribution in [2.24, 2.45) is 0 Å². The van der Waals surface area contributed by atoms with Crippen molar-refractivity contribution in [2.75, 3.05) is 5.01 Å². The molecule has 0 spiro atoms. The highest BCUT2D eigenvalue weighted by molar-refractivity contribution is 6.32. The van der Waals surface area contributed by atoms with Gasteiger partial charge in [0.1, 0.15) is 11.4 Å². The molecule has 4 nitrogen and oxygen atoms in total. The van der Waals surface area contributed by atoms with Crippen LogP contribution in [0.2, 0.25) is 5.02 Å². The Morgan fingerprint density at radius 2 is 1.82 bits per heavy atom.